The molecule has 1 saturated heterocycles. The van der Waals surface area contributed by atoms with Crippen LogP contribution in [0, 0.1) is 17.8 Å². The van der Waals surface area contributed by atoms with E-state index in [1.54, 1.807) is 36.4 Å². The summed E-state index contributed by atoms with van der Waals surface area (Å²) in [6.45, 7) is 0.206. The average molecular weight is 602 g/mol. The number of ether oxygens (including phenoxy) is 1. The number of nitrogens with zero attached hydrogens (tertiary/aromatic N) is 1. The lowest BCUT2D eigenvalue weighted by atomic mass is 9.48. The number of imide groups is 2. The Bertz CT molecular complexity index is 1600. The lowest BCUT2D eigenvalue weighted by Crippen LogP contribution is -2.54. The van der Waals surface area contributed by atoms with Crippen molar-refractivity contribution in [2.24, 2.45) is 17.8 Å². The number of nitrogens with one attached hydrogen (secondary N) is 1. The molecule has 4 amide bonds. The Morgan fingerprint density at radius 1 is 0.857 bits per heavy atom. The van der Waals surface area contributed by atoms with Gasteiger partial charge in [0.15, 0.2) is 0 Å². The van der Waals surface area contributed by atoms with Crippen molar-refractivity contribution in [2.45, 2.75) is 50.5 Å². The quantitative estimate of drug-likeness (QED) is 0.232. The van der Waals surface area contributed by atoms with Crippen LogP contribution in [0.5, 0.6) is 5.75 Å². The fraction of sp³-hybridized carbons (Fsp3) is 0.324. The maximum Gasteiger partial charge on any atom is 0.335 e. The third-order valence-corrected chi connectivity index (χ3v) is 10.2. The van der Waals surface area contributed by atoms with E-state index in [1.165, 1.54) is 50.2 Å². The van der Waals surface area contributed by atoms with E-state index in [4.69, 9.17) is 27.9 Å². The monoisotopic (exact) mass is 600 g/mol. The summed E-state index contributed by atoms with van der Waals surface area (Å²) < 4.78 is 6.01. The molecule has 0 unspecified atom stereocenters. The molecule has 0 aromatic heterocycles. The van der Waals surface area contributed by atoms with Crippen LogP contribution in [-0.4, -0.2) is 17.8 Å². The first-order valence-electron chi connectivity index (χ1n) is 14.5. The van der Waals surface area contributed by atoms with Crippen molar-refractivity contribution in [2.75, 3.05) is 4.90 Å². The highest BCUT2D eigenvalue weighted by Gasteiger charge is 2.51. The molecule has 3 aromatic rings. The predicted octanol–water partition coefficient (Wildman–Crippen LogP) is 7.71. The number of urea groups is 1. The third kappa shape index (κ3) is 4.91. The van der Waals surface area contributed by atoms with E-state index in [-0.39, 0.29) is 17.6 Å². The first-order valence-corrected chi connectivity index (χ1v) is 15.2. The number of para-hydroxylation sites is 1. The van der Waals surface area contributed by atoms with E-state index in [1.807, 2.05) is 18.2 Å². The van der Waals surface area contributed by atoms with E-state index in [0.717, 1.165) is 28.2 Å². The Balaban J connectivity index is 1.13. The van der Waals surface area contributed by atoms with Gasteiger partial charge in [0.2, 0.25) is 0 Å². The molecule has 3 aromatic carbocycles. The van der Waals surface area contributed by atoms with Crippen molar-refractivity contribution in [3.63, 3.8) is 0 Å². The summed E-state index contributed by atoms with van der Waals surface area (Å²) in [6.07, 6.45) is 9.26. The Labute approximate surface area is 254 Å². The molecule has 1 N–H and O–H groups in total. The number of hydrogen-bond donors (Lipinski definition) is 1. The molecule has 6 nitrogen and oxygen atoms in total. The van der Waals surface area contributed by atoms with Crippen molar-refractivity contribution in [1.82, 2.24) is 5.32 Å². The van der Waals surface area contributed by atoms with Gasteiger partial charge >= 0.3 is 6.03 Å². The molecule has 5 fully saturated rings. The summed E-state index contributed by atoms with van der Waals surface area (Å²) in [7, 11) is 0. The van der Waals surface area contributed by atoms with Crippen LogP contribution in [0.2, 0.25) is 10.0 Å². The number of benzene rings is 3. The van der Waals surface area contributed by atoms with Gasteiger partial charge < -0.3 is 4.74 Å². The van der Waals surface area contributed by atoms with Crippen LogP contribution in [-0.2, 0) is 21.6 Å². The predicted molar refractivity (Wildman–Crippen MR) is 163 cm³/mol. The number of amides is 4. The minimum Gasteiger partial charge on any atom is -0.488 e. The maximum absolute atomic E-state index is 13.6. The van der Waals surface area contributed by atoms with Crippen LogP contribution in [0.25, 0.3) is 6.08 Å². The van der Waals surface area contributed by atoms with Gasteiger partial charge in [-0.3, -0.25) is 14.9 Å². The summed E-state index contributed by atoms with van der Waals surface area (Å²) in [4.78, 5) is 40.4. The molecule has 8 rings (SSSR count). The minimum absolute atomic E-state index is 0.148. The van der Waals surface area contributed by atoms with Crippen molar-refractivity contribution in [1.29, 1.82) is 0 Å². The van der Waals surface area contributed by atoms with Gasteiger partial charge in [-0.25, -0.2) is 9.69 Å². The van der Waals surface area contributed by atoms with Gasteiger partial charge in [0.05, 0.1) is 15.7 Å². The number of halogens is 2. The number of carbonyl (C=O) groups excluding carboxylic acids is 3. The maximum atomic E-state index is 13.6. The van der Waals surface area contributed by atoms with Crippen molar-refractivity contribution < 1.29 is 19.1 Å². The molecule has 0 radical (unpaired) electrons. The molecule has 8 heteroatoms. The number of rotatable bonds is 6. The number of hydrogen-bond acceptors (Lipinski definition) is 4. The van der Waals surface area contributed by atoms with Crippen LogP contribution >= 0.6 is 23.2 Å². The van der Waals surface area contributed by atoms with Gasteiger partial charge in [0.25, 0.3) is 11.8 Å². The molecule has 1 heterocycles. The molecule has 0 atom stereocenters. The molecule has 214 valence electrons. The molecule has 0 spiro atoms. The van der Waals surface area contributed by atoms with Gasteiger partial charge in [-0.1, -0.05) is 59.6 Å². The van der Waals surface area contributed by atoms with Crippen LogP contribution in [0.15, 0.2) is 72.3 Å². The highest BCUT2D eigenvalue weighted by Crippen LogP contribution is 2.60. The molecule has 4 bridgehead atoms. The topological polar surface area (TPSA) is 75.7 Å². The number of carbonyl (C=O) groups is 3. The van der Waals surface area contributed by atoms with E-state index in [2.05, 4.69) is 17.4 Å². The van der Waals surface area contributed by atoms with E-state index in [0.29, 0.717) is 27.0 Å². The van der Waals surface area contributed by atoms with Crippen molar-refractivity contribution in [3.8, 4) is 5.75 Å². The lowest BCUT2D eigenvalue weighted by molar-refractivity contribution is -0.122. The molecule has 4 saturated carbocycles. The highest BCUT2D eigenvalue weighted by molar-refractivity contribution is 6.42. The van der Waals surface area contributed by atoms with Gasteiger partial charge in [-0.15, -0.1) is 0 Å². The normalized spacial score (nSPS) is 27.5. The number of barbiturate groups is 1. The van der Waals surface area contributed by atoms with Gasteiger partial charge in [0, 0.05) is 5.56 Å². The second kappa shape index (κ2) is 10.6. The average Bonchev–Trinajstić information content (AvgIpc) is 2.96. The van der Waals surface area contributed by atoms with Crippen molar-refractivity contribution in [3.05, 3.63) is 99.0 Å². The zero-order valence-electron chi connectivity index (χ0n) is 22.9. The molecular formula is C34H30Cl2N2O4. The Kier molecular flexibility index (Phi) is 6.87. The number of anilines is 1. The molecule has 1 aliphatic heterocycles. The fourth-order valence-electron chi connectivity index (χ4n) is 8.00. The lowest BCUT2D eigenvalue weighted by Gasteiger charge is -2.57. The van der Waals surface area contributed by atoms with Crippen LogP contribution in [0.4, 0.5) is 10.5 Å². The van der Waals surface area contributed by atoms with Gasteiger partial charge in [-0.05, 0) is 109 Å². The smallest absolute Gasteiger partial charge is 0.335 e. The molecule has 42 heavy (non-hydrogen) atoms. The van der Waals surface area contributed by atoms with Crippen LogP contribution < -0.4 is 15.0 Å². The van der Waals surface area contributed by atoms with Crippen LogP contribution in [0.1, 0.15) is 55.2 Å². The summed E-state index contributed by atoms with van der Waals surface area (Å²) >= 11 is 12.1. The first-order chi connectivity index (χ1) is 20.3. The van der Waals surface area contributed by atoms with Crippen molar-refractivity contribution >= 4 is 52.8 Å². The fourth-order valence-corrected chi connectivity index (χ4v) is 8.32. The zero-order valence-corrected chi connectivity index (χ0v) is 24.5. The third-order valence-electron chi connectivity index (χ3n) is 9.47. The summed E-state index contributed by atoms with van der Waals surface area (Å²) in [5.74, 6) is 1.51. The zero-order chi connectivity index (χ0) is 29.0. The summed E-state index contributed by atoms with van der Waals surface area (Å²) in [5.41, 5.74) is 3.15. The Morgan fingerprint density at radius 3 is 2.19 bits per heavy atom. The minimum atomic E-state index is -0.756. The molecular weight excluding hydrogens is 571 g/mol. The molecule has 5 aliphatic rings. The summed E-state index contributed by atoms with van der Waals surface area (Å²) in [5, 5.41) is 3.21. The standard InChI is InChI=1S/C34H30Cl2N2O4/c35-28-10-5-20(14-29(28)36)19-42-30-4-2-1-3-24(30)15-27-31(39)37-33(41)38(32(27)40)26-8-6-25(7-9-26)34-16-21-11-22(17-34)13-23(12-21)18-34/h1-10,14-15,21-23H,11-13,16-19H2,(H,37,39,41)/b27-15+. The first kappa shape index (κ1) is 27.2. The SMILES string of the molecule is O=C1NC(=O)N(c2ccc(C34CC5CC(CC(C5)C3)C4)cc2)C(=O)/C1=C/c1ccccc1OCc1ccc(Cl)c(Cl)c1. The highest BCUT2D eigenvalue weighted by atomic mass is 35.5. The van der Waals surface area contributed by atoms with Gasteiger partial charge in [-0.2, -0.15) is 0 Å². The second-order valence-corrected chi connectivity index (χ2v) is 13.1. The van der Waals surface area contributed by atoms with E-state index < -0.39 is 17.8 Å². The molecule has 4 aliphatic carbocycles. The second-order valence-electron chi connectivity index (χ2n) is 12.3. The van der Waals surface area contributed by atoms with E-state index in [9.17, 15) is 14.4 Å². The van der Waals surface area contributed by atoms with E-state index >= 15 is 0 Å². The van der Waals surface area contributed by atoms with Crippen LogP contribution in [0.3, 0.4) is 0 Å². The van der Waals surface area contributed by atoms with Gasteiger partial charge in [0.1, 0.15) is 17.9 Å². The summed E-state index contributed by atoms with van der Waals surface area (Å²) in [6, 6.07) is 19.4. The Morgan fingerprint density at radius 2 is 1.52 bits per heavy atom. The Hall–Kier alpha value is -3.61. The largest absolute Gasteiger partial charge is 0.488 e.